The molecular weight excluding hydrogens is 278 g/mol. The predicted octanol–water partition coefficient (Wildman–Crippen LogP) is 2.62. The Morgan fingerprint density at radius 1 is 1.27 bits per heavy atom. The van der Waals surface area contributed by atoms with Crippen LogP contribution in [0.2, 0.25) is 0 Å². The van der Waals surface area contributed by atoms with Gasteiger partial charge in [-0.3, -0.25) is 9.78 Å². The molecule has 0 saturated carbocycles. The van der Waals surface area contributed by atoms with Crippen LogP contribution in [0.1, 0.15) is 23.6 Å². The number of nitrogens with zero attached hydrogens (tertiary/aromatic N) is 2. The third kappa shape index (κ3) is 4.41. The minimum atomic E-state index is -0.304. The van der Waals surface area contributed by atoms with E-state index in [4.69, 9.17) is 4.74 Å². The second-order valence-corrected chi connectivity index (χ2v) is 5.01. The minimum Gasteiger partial charge on any atom is -0.484 e. The Kier molecular flexibility index (Phi) is 5.25. The van der Waals surface area contributed by atoms with Crippen molar-refractivity contribution in [3.05, 3.63) is 59.4 Å². The van der Waals surface area contributed by atoms with E-state index < -0.39 is 0 Å². The lowest BCUT2D eigenvalue weighted by Crippen LogP contribution is -2.25. The van der Waals surface area contributed by atoms with Gasteiger partial charge < -0.3 is 4.74 Å². The predicted molar refractivity (Wildman–Crippen MR) is 86.0 cm³/mol. The smallest absolute Gasteiger partial charge is 0.277 e. The van der Waals surface area contributed by atoms with Gasteiger partial charge in [-0.05, 0) is 50.1 Å². The van der Waals surface area contributed by atoms with Crippen LogP contribution in [0.4, 0.5) is 0 Å². The van der Waals surface area contributed by atoms with Crippen LogP contribution in [0.15, 0.2) is 47.8 Å². The summed E-state index contributed by atoms with van der Waals surface area (Å²) in [6.07, 6.45) is 3.38. The summed E-state index contributed by atoms with van der Waals surface area (Å²) >= 11 is 0. The molecule has 1 amide bonds. The molecule has 114 valence electrons. The van der Waals surface area contributed by atoms with Gasteiger partial charge in [-0.1, -0.05) is 12.1 Å². The standard InChI is InChI=1S/C17H19N3O2/c1-12-6-7-16(9-13(12)2)22-11-17(21)20-19-14(3)15-5-4-8-18-10-15/h4-10H,11H2,1-3H3,(H,20,21)/b19-14+. The van der Waals surface area contributed by atoms with Crippen molar-refractivity contribution in [3.63, 3.8) is 0 Å². The highest BCUT2D eigenvalue weighted by Gasteiger charge is 2.04. The van der Waals surface area contributed by atoms with E-state index in [2.05, 4.69) is 15.5 Å². The van der Waals surface area contributed by atoms with Gasteiger partial charge in [-0.2, -0.15) is 5.10 Å². The number of ether oxygens (including phenoxy) is 1. The molecule has 0 spiro atoms. The Labute approximate surface area is 130 Å². The summed E-state index contributed by atoms with van der Waals surface area (Å²) in [6, 6.07) is 9.42. The third-order valence-electron chi connectivity index (χ3n) is 3.28. The monoisotopic (exact) mass is 297 g/mol. The molecule has 1 N–H and O–H groups in total. The number of aryl methyl sites for hydroxylation is 2. The summed E-state index contributed by atoms with van der Waals surface area (Å²) in [5, 5.41) is 4.04. The molecule has 0 atom stereocenters. The average molecular weight is 297 g/mol. The molecule has 0 bridgehead atoms. The van der Waals surface area contributed by atoms with Gasteiger partial charge >= 0.3 is 0 Å². The van der Waals surface area contributed by atoms with Crippen LogP contribution in [0.3, 0.4) is 0 Å². The lowest BCUT2D eigenvalue weighted by atomic mass is 10.1. The molecule has 1 aromatic carbocycles. The maximum Gasteiger partial charge on any atom is 0.277 e. The van der Waals surface area contributed by atoms with E-state index in [-0.39, 0.29) is 12.5 Å². The van der Waals surface area contributed by atoms with E-state index in [1.54, 1.807) is 12.4 Å². The maximum absolute atomic E-state index is 11.7. The Morgan fingerprint density at radius 2 is 2.09 bits per heavy atom. The molecule has 0 fully saturated rings. The lowest BCUT2D eigenvalue weighted by Gasteiger charge is -2.07. The summed E-state index contributed by atoms with van der Waals surface area (Å²) in [6.45, 7) is 5.76. The fourth-order valence-corrected chi connectivity index (χ4v) is 1.77. The van der Waals surface area contributed by atoms with E-state index in [1.165, 1.54) is 5.56 Å². The van der Waals surface area contributed by atoms with Gasteiger partial charge in [0.05, 0.1) is 5.71 Å². The highest BCUT2D eigenvalue weighted by molar-refractivity contribution is 5.98. The Bertz CT molecular complexity index is 682. The van der Waals surface area contributed by atoms with Crippen LogP contribution < -0.4 is 10.2 Å². The van der Waals surface area contributed by atoms with Crippen LogP contribution in [0.5, 0.6) is 5.75 Å². The quantitative estimate of drug-likeness (QED) is 0.681. The molecule has 0 aliphatic heterocycles. The number of aromatic nitrogens is 1. The summed E-state index contributed by atoms with van der Waals surface area (Å²) in [7, 11) is 0. The number of benzene rings is 1. The number of carbonyl (C=O) groups excluding carboxylic acids is 1. The van der Waals surface area contributed by atoms with Crippen LogP contribution in [0, 0.1) is 13.8 Å². The second-order valence-electron chi connectivity index (χ2n) is 5.01. The fraction of sp³-hybridized carbons (Fsp3) is 0.235. The van der Waals surface area contributed by atoms with Gasteiger partial charge in [-0.15, -0.1) is 0 Å². The van der Waals surface area contributed by atoms with Crippen molar-refractivity contribution < 1.29 is 9.53 Å². The summed E-state index contributed by atoms with van der Waals surface area (Å²) in [5.74, 6) is 0.368. The fourth-order valence-electron chi connectivity index (χ4n) is 1.77. The first kappa shape index (κ1) is 15.7. The second kappa shape index (κ2) is 7.36. The van der Waals surface area contributed by atoms with Gasteiger partial charge in [0.1, 0.15) is 5.75 Å². The zero-order valence-corrected chi connectivity index (χ0v) is 13.0. The Morgan fingerprint density at radius 3 is 2.77 bits per heavy atom. The SMILES string of the molecule is C/C(=N\NC(=O)COc1ccc(C)c(C)c1)c1cccnc1. The first-order valence-corrected chi connectivity index (χ1v) is 7.00. The van der Waals surface area contributed by atoms with Crippen LogP contribution in [-0.2, 0) is 4.79 Å². The Hall–Kier alpha value is -2.69. The molecule has 0 saturated heterocycles. The zero-order valence-electron chi connectivity index (χ0n) is 13.0. The lowest BCUT2D eigenvalue weighted by molar-refractivity contribution is -0.123. The topological polar surface area (TPSA) is 63.6 Å². The van der Waals surface area contributed by atoms with Gasteiger partial charge in [-0.25, -0.2) is 5.43 Å². The van der Waals surface area contributed by atoms with E-state index in [0.29, 0.717) is 11.5 Å². The first-order valence-electron chi connectivity index (χ1n) is 7.00. The molecule has 2 rings (SSSR count). The number of nitrogens with one attached hydrogen (secondary N) is 1. The van der Waals surface area contributed by atoms with Crippen LogP contribution in [0.25, 0.3) is 0 Å². The average Bonchev–Trinajstić information content (AvgIpc) is 2.54. The number of amides is 1. The molecule has 5 nitrogen and oxygen atoms in total. The number of carbonyl (C=O) groups is 1. The van der Waals surface area contributed by atoms with E-state index in [0.717, 1.165) is 11.1 Å². The first-order chi connectivity index (χ1) is 10.6. The van der Waals surface area contributed by atoms with Crippen molar-refractivity contribution in [2.75, 3.05) is 6.61 Å². The summed E-state index contributed by atoms with van der Waals surface area (Å²) < 4.78 is 5.45. The normalized spacial score (nSPS) is 11.1. The highest BCUT2D eigenvalue weighted by atomic mass is 16.5. The third-order valence-corrected chi connectivity index (χ3v) is 3.28. The molecule has 5 heteroatoms. The van der Waals surface area contributed by atoms with E-state index in [1.807, 2.05) is 51.1 Å². The van der Waals surface area contributed by atoms with Gasteiger partial charge in [0.25, 0.3) is 5.91 Å². The molecule has 0 radical (unpaired) electrons. The molecule has 0 unspecified atom stereocenters. The molecule has 1 aromatic heterocycles. The molecule has 2 aromatic rings. The zero-order chi connectivity index (χ0) is 15.9. The number of hydrogen-bond donors (Lipinski definition) is 1. The van der Waals surface area contributed by atoms with Crippen molar-refractivity contribution in [3.8, 4) is 5.75 Å². The van der Waals surface area contributed by atoms with Gasteiger partial charge in [0.15, 0.2) is 6.61 Å². The van der Waals surface area contributed by atoms with Crippen molar-refractivity contribution >= 4 is 11.6 Å². The largest absolute Gasteiger partial charge is 0.484 e. The van der Waals surface area contributed by atoms with Crippen LogP contribution >= 0.6 is 0 Å². The summed E-state index contributed by atoms with van der Waals surface area (Å²) in [4.78, 5) is 15.8. The molecular formula is C17H19N3O2. The molecule has 1 heterocycles. The van der Waals surface area contributed by atoms with Crippen molar-refractivity contribution in [2.45, 2.75) is 20.8 Å². The van der Waals surface area contributed by atoms with Gasteiger partial charge in [0, 0.05) is 18.0 Å². The van der Waals surface area contributed by atoms with Gasteiger partial charge in [0.2, 0.25) is 0 Å². The van der Waals surface area contributed by atoms with Crippen molar-refractivity contribution in [2.24, 2.45) is 5.10 Å². The van der Waals surface area contributed by atoms with Crippen molar-refractivity contribution in [1.82, 2.24) is 10.4 Å². The van der Waals surface area contributed by atoms with E-state index in [9.17, 15) is 4.79 Å². The minimum absolute atomic E-state index is 0.0771. The summed E-state index contributed by atoms with van der Waals surface area (Å²) in [5.41, 5.74) is 6.34. The number of hydrogen-bond acceptors (Lipinski definition) is 4. The number of pyridine rings is 1. The van der Waals surface area contributed by atoms with Crippen LogP contribution in [-0.4, -0.2) is 23.2 Å². The molecule has 0 aliphatic rings. The number of rotatable bonds is 5. The number of hydrazone groups is 1. The maximum atomic E-state index is 11.7. The van der Waals surface area contributed by atoms with E-state index >= 15 is 0 Å². The van der Waals surface area contributed by atoms with Crippen molar-refractivity contribution in [1.29, 1.82) is 0 Å². The highest BCUT2D eigenvalue weighted by Crippen LogP contribution is 2.16. The molecule has 0 aliphatic carbocycles. The molecule has 22 heavy (non-hydrogen) atoms. The Balaban J connectivity index is 1.86.